The van der Waals surface area contributed by atoms with Gasteiger partial charge in [-0.05, 0) is 42.9 Å². The summed E-state index contributed by atoms with van der Waals surface area (Å²) < 4.78 is 21.4. The maximum atomic E-state index is 14.1. The molecule has 0 atom stereocenters. The number of fused-ring (bicyclic) bond motifs is 2. The number of ether oxygens (including phenoxy) is 1. The number of methoxy groups -OCH3 is 1. The van der Waals surface area contributed by atoms with Crippen LogP contribution in [0.15, 0.2) is 30.5 Å². The summed E-state index contributed by atoms with van der Waals surface area (Å²) in [7, 11) is 1.45. The van der Waals surface area contributed by atoms with Crippen molar-refractivity contribution in [2.75, 3.05) is 7.11 Å². The van der Waals surface area contributed by atoms with Crippen LogP contribution in [0.2, 0.25) is 0 Å². The molecule has 1 fully saturated rings. The highest BCUT2D eigenvalue weighted by molar-refractivity contribution is 5.94. The molecule has 1 aromatic carbocycles. The third-order valence-corrected chi connectivity index (χ3v) is 6.25. The molecule has 0 amide bonds. The number of halogens is 1. The molecular weight excluding hydrogens is 399 g/mol. The van der Waals surface area contributed by atoms with E-state index >= 15 is 0 Å². The summed E-state index contributed by atoms with van der Waals surface area (Å²) >= 11 is 0. The number of pyridine rings is 1. The van der Waals surface area contributed by atoms with Gasteiger partial charge in [0.15, 0.2) is 17.2 Å². The first-order chi connectivity index (χ1) is 14.9. The zero-order valence-corrected chi connectivity index (χ0v) is 17.5. The van der Waals surface area contributed by atoms with Crippen LogP contribution in [-0.2, 0) is 4.79 Å². The standard InChI is InChI=1S/C23H23FN4O3/c1-11(2)21-19(12-6-13(7-12)23(29)30)20-17(8-14-10-25-27-22(14)26-20)28(21)15-4-5-16(24)18(9-15)31-3/h4-5,8-13H,6-7H2,1-3H3,(H,29,30)(H,25,26,27). The molecule has 2 N–H and O–H groups in total. The lowest BCUT2D eigenvalue weighted by molar-refractivity contribution is -0.145. The summed E-state index contributed by atoms with van der Waals surface area (Å²) in [5.74, 6) is -1.09. The topological polar surface area (TPSA) is 93.0 Å². The van der Waals surface area contributed by atoms with Gasteiger partial charge < -0.3 is 14.4 Å². The predicted octanol–water partition coefficient (Wildman–Crippen LogP) is 4.75. The molecule has 0 aliphatic heterocycles. The number of H-pyrrole nitrogens is 1. The Balaban J connectivity index is 1.81. The first-order valence-electron chi connectivity index (χ1n) is 10.3. The lowest BCUT2D eigenvalue weighted by atomic mass is 9.70. The van der Waals surface area contributed by atoms with Crippen LogP contribution in [0.4, 0.5) is 4.39 Å². The number of carboxylic acid groups (broad SMARTS) is 1. The van der Waals surface area contributed by atoms with E-state index in [2.05, 4.69) is 28.6 Å². The number of aromatic amines is 1. The first-order valence-corrected chi connectivity index (χ1v) is 10.3. The van der Waals surface area contributed by atoms with E-state index in [0.29, 0.717) is 18.5 Å². The minimum absolute atomic E-state index is 0.109. The van der Waals surface area contributed by atoms with Gasteiger partial charge >= 0.3 is 5.97 Å². The van der Waals surface area contributed by atoms with Gasteiger partial charge in [-0.25, -0.2) is 9.37 Å². The summed E-state index contributed by atoms with van der Waals surface area (Å²) in [5, 5.41) is 17.3. The maximum absolute atomic E-state index is 14.1. The van der Waals surface area contributed by atoms with E-state index in [1.54, 1.807) is 18.3 Å². The largest absolute Gasteiger partial charge is 0.494 e. The second kappa shape index (κ2) is 7.08. The normalized spacial score (nSPS) is 18.6. The lowest BCUT2D eigenvalue weighted by Crippen LogP contribution is -2.29. The van der Waals surface area contributed by atoms with Gasteiger partial charge in [-0.1, -0.05) is 13.8 Å². The average Bonchev–Trinajstić information content (AvgIpc) is 3.27. The van der Waals surface area contributed by atoms with Crippen molar-refractivity contribution >= 4 is 28.0 Å². The van der Waals surface area contributed by atoms with Gasteiger partial charge in [-0.3, -0.25) is 9.89 Å². The zero-order valence-electron chi connectivity index (χ0n) is 17.5. The number of nitrogens with one attached hydrogen (secondary N) is 1. The summed E-state index contributed by atoms with van der Waals surface area (Å²) in [6, 6.07) is 6.84. The quantitative estimate of drug-likeness (QED) is 0.484. The Morgan fingerprint density at radius 1 is 1.32 bits per heavy atom. The van der Waals surface area contributed by atoms with Crippen molar-refractivity contribution in [3.05, 3.63) is 47.5 Å². The molecule has 0 saturated heterocycles. The number of aliphatic carboxylic acids is 1. The van der Waals surface area contributed by atoms with Crippen molar-refractivity contribution in [1.82, 2.24) is 19.7 Å². The van der Waals surface area contributed by atoms with Crippen molar-refractivity contribution in [2.24, 2.45) is 5.92 Å². The molecule has 1 aliphatic rings. The fraction of sp³-hybridized carbons (Fsp3) is 0.348. The fourth-order valence-electron chi connectivity index (χ4n) is 4.70. The van der Waals surface area contributed by atoms with E-state index in [1.807, 2.05) is 6.07 Å². The van der Waals surface area contributed by atoms with Crippen LogP contribution >= 0.6 is 0 Å². The summed E-state index contributed by atoms with van der Waals surface area (Å²) in [6.07, 6.45) is 2.90. The number of carbonyl (C=O) groups is 1. The molecule has 0 radical (unpaired) electrons. The van der Waals surface area contributed by atoms with E-state index in [1.165, 1.54) is 13.2 Å². The Morgan fingerprint density at radius 3 is 2.77 bits per heavy atom. The van der Waals surface area contributed by atoms with Gasteiger partial charge in [0, 0.05) is 28.4 Å². The number of nitrogens with zero attached hydrogens (tertiary/aromatic N) is 3. The zero-order chi connectivity index (χ0) is 21.9. The molecule has 0 unspecified atom stereocenters. The second-order valence-electron chi connectivity index (χ2n) is 8.48. The fourth-order valence-corrected chi connectivity index (χ4v) is 4.70. The molecule has 0 bridgehead atoms. The van der Waals surface area contributed by atoms with Gasteiger partial charge in [0.25, 0.3) is 0 Å². The second-order valence-corrected chi connectivity index (χ2v) is 8.48. The molecular formula is C23H23FN4O3. The molecule has 5 rings (SSSR count). The SMILES string of the molecule is COc1cc(-n2c(C(C)C)c(C3CC(C(=O)O)C3)c3nc4[nH]ncc4cc32)ccc1F. The molecule has 0 spiro atoms. The van der Waals surface area contributed by atoms with Crippen LogP contribution < -0.4 is 4.74 Å². The minimum atomic E-state index is -0.752. The van der Waals surface area contributed by atoms with Crippen molar-refractivity contribution in [3.63, 3.8) is 0 Å². The van der Waals surface area contributed by atoms with Crippen LogP contribution in [0.3, 0.4) is 0 Å². The maximum Gasteiger partial charge on any atom is 0.306 e. The van der Waals surface area contributed by atoms with Crippen LogP contribution in [-0.4, -0.2) is 37.9 Å². The van der Waals surface area contributed by atoms with Gasteiger partial charge in [-0.15, -0.1) is 0 Å². The van der Waals surface area contributed by atoms with Gasteiger partial charge in [0.2, 0.25) is 0 Å². The molecule has 3 heterocycles. The van der Waals surface area contributed by atoms with Gasteiger partial charge in [-0.2, -0.15) is 5.10 Å². The van der Waals surface area contributed by atoms with Gasteiger partial charge in [0.05, 0.1) is 30.3 Å². The van der Waals surface area contributed by atoms with Crippen molar-refractivity contribution in [3.8, 4) is 11.4 Å². The number of aromatic nitrogens is 4. The summed E-state index contributed by atoms with van der Waals surface area (Å²) in [4.78, 5) is 16.3. The highest BCUT2D eigenvalue weighted by atomic mass is 19.1. The van der Waals surface area contributed by atoms with Crippen molar-refractivity contribution < 1.29 is 19.0 Å². The van der Waals surface area contributed by atoms with Crippen molar-refractivity contribution in [2.45, 2.75) is 38.5 Å². The highest BCUT2D eigenvalue weighted by Gasteiger charge is 2.39. The lowest BCUT2D eigenvalue weighted by Gasteiger charge is -2.33. The first kappa shape index (κ1) is 19.5. The number of carboxylic acids is 1. The number of hydrogen-bond acceptors (Lipinski definition) is 4. The monoisotopic (exact) mass is 422 g/mol. The molecule has 7 nitrogen and oxygen atoms in total. The number of hydrogen-bond donors (Lipinski definition) is 2. The number of benzene rings is 1. The average molecular weight is 422 g/mol. The van der Waals surface area contributed by atoms with Crippen LogP contribution in [0, 0.1) is 11.7 Å². The summed E-state index contributed by atoms with van der Waals surface area (Å²) in [6.45, 7) is 4.21. The smallest absolute Gasteiger partial charge is 0.306 e. The Kier molecular flexibility index (Phi) is 4.46. The summed E-state index contributed by atoms with van der Waals surface area (Å²) in [5.41, 5.74) is 5.31. The Labute approximate surface area is 177 Å². The van der Waals surface area contributed by atoms with E-state index in [-0.39, 0.29) is 23.5 Å². The van der Waals surface area contributed by atoms with Crippen molar-refractivity contribution in [1.29, 1.82) is 0 Å². The Bertz CT molecular complexity index is 1320. The number of rotatable bonds is 5. The van der Waals surface area contributed by atoms with Gasteiger partial charge in [0.1, 0.15) is 0 Å². The van der Waals surface area contributed by atoms with Crippen LogP contribution in [0.5, 0.6) is 5.75 Å². The van der Waals surface area contributed by atoms with Crippen LogP contribution in [0.1, 0.15) is 49.8 Å². The third-order valence-electron chi connectivity index (χ3n) is 6.25. The molecule has 3 aromatic heterocycles. The molecule has 160 valence electrons. The van der Waals surface area contributed by atoms with Crippen LogP contribution in [0.25, 0.3) is 27.8 Å². The molecule has 31 heavy (non-hydrogen) atoms. The third kappa shape index (κ3) is 2.97. The van der Waals surface area contributed by atoms with E-state index in [0.717, 1.165) is 33.4 Å². The highest BCUT2D eigenvalue weighted by Crippen LogP contribution is 2.48. The van der Waals surface area contributed by atoms with E-state index in [4.69, 9.17) is 9.72 Å². The van der Waals surface area contributed by atoms with E-state index < -0.39 is 11.8 Å². The Hall–Kier alpha value is -3.42. The van der Waals surface area contributed by atoms with E-state index in [9.17, 15) is 14.3 Å². The molecule has 1 aliphatic carbocycles. The Morgan fingerprint density at radius 2 is 2.10 bits per heavy atom. The predicted molar refractivity (Wildman–Crippen MR) is 114 cm³/mol. The molecule has 4 aromatic rings. The molecule has 1 saturated carbocycles. The molecule has 8 heteroatoms. The minimum Gasteiger partial charge on any atom is -0.494 e.